The van der Waals surface area contributed by atoms with Crippen LogP contribution < -0.4 is 0 Å². The van der Waals surface area contributed by atoms with Crippen molar-refractivity contribution in [2.45, 2.75) is 38.1 Å². The molecular weight excluding hydrogens is 132 g/mol. The molecule has 3 nitrogen and oxygen atoms in total. The molecule has 60 valence electrons. The molecule has 0 amide bonds. The van der Waals surface area contributed by atoms with Gasteiger partial charge in [0.25, 0.3) is 0 Å². The van der Waals surface area contributed by atoms with E-state index in [9.17, 15) is 0 Å². The molecule has 1 aliphatic rings. The summed E-state index contributed by atoms with van der Waals surface area (Å²) in [6, 6.07) is 0. The summed E-state index contributed by atoms with van der Waals surface area (Å²) in [5.41, 5.74) is -0.422. The lowest BCUT2D eigenvalue weighted by molar-refractivity contribution is 0.149. The predicted molar refractivity (Wildman–Crippen MR) is 36.7 cm³/mol. The highest BCUT2D eigenvalue weighted by atomic mass is 16.6. The van der Waals surface area contributed by atoms with E-state index in [0.29, 0.717) is 0 Å². The van der Waals surface area contributed by atoms with Crippen molar-refractivity contribution in [2.24, 2.45) is 0 Å². The molecule has 0 bridgehead atoms. The Hall–Kier alpha value is -0.120. The molecule has 1 saturated heterocycles. The summed E-state index contributed by atoms with van der Waals surface area (Å²) in [6.45, 7) is 3.63. The van der Waals surface area contributed by atoms with Gasteiger partial charge in [0.1, 0.15) is 11.7 Å². The van der Waals surface area contributed by atoms with Gasteiger partial charge in [-0.3, -0.25) is 0 Å². The zero-order chi connectivity index (χ0) is 7.78. The molecular formula is C7H14O3. The standard InChI is InChI=1S/C7H14O3/c1-3-7(4-8)6(10-7)5(2)9/h5-6,8-9H,3-4H2,1-2H3/t5-,6+,7+/m1/s1. The van der Waals surface area contributed by atoms with Crippen molar-refractivity contribution >= 4 is 0 Å². The average Bonchev–Trinajstić information content (AvgIpc) is 2.63. The van der Waals surface area contributed by atoms with Crippen LogP contribution in [0.4, 0.5) is 0 Å². The summed E-state index contributed by atoms with van der Waals surface area (Å²) in [5, 5.41) is 17.9. The van der Waals surface area contributed by atoms with Crippen molar-refractivity contribution in [3.05, 3.63) is 0 Å². The Bertz CT molecular complexity index is 118. The number of aliphatic hydroxyl groups excluding tert-OH is 2. The predicted octanol–water partition coefficient (Wildman–Crippen LogP) is -0.0929. The van der Waals surface area contributed by atoms with Crippen molar-refractivity contribution in [3.63, 3.8) is 0 Å². The van der Waals surface area contributed by atoms with E-state index in [-0.39, 0.29) is 12.7 Å². The molecule has 0 aromatic heterocycles. The molecule has 0 aliphatic carbocycles. The van der Waals surface area contributed by atoms with Crippen molar-refractivity contribution in [1.29, 1.82) is 0 Å². The third-order valence-corrected chi connectivity index (χ3v) is 2.13. The van der Waals surface area contributed by atoms with E-state index in [1.165, 1.54) is 0 Å². The quantitative estimate of drug-likeness (QED) is 0.547. The molecule has 10 heavy (non-hydrogen) atoms. The first-order valence-corrected chi connectivity index (χ1v) is 3.63. The van der Waals surface area contributed by atoms with Gasteiger partial charge in [0.15, 0.2) is 0 Å². The molecule has 0 radical (unpaired) electrons. The van der Waals surface area contributed by atoms with Crippen LogP contribution in [0.5, 0.6) is 0 Å². The molecule has 0 aromatic carbocycles. The van der Waals surface area contributed by atoms with Gasteiger partial charge in [0.05, 0.1) is 12.7 Å². The smallest absolute Gasteiger partial charge is 0.120 e. The maximum absolute atomic E-state index is 9.05. The minimum absolute atomic E-state index is 0.0130. The summed E-state index contributed by atoms with van der Waals surface area (Å²) < 4.78 is 5.16. The monoisotopic (exact) mass is 146 g/mol. The van der Waals surface area contributed by atoms with E-state index in [4.69, 9.17) is 14.9 Å². The van der Waals surface area contributed by atoms with Crippen molar-refractivity contribution in [2.75, 3.05) is 6.61 Å². The maximum atomic E-state index is 9.05. The largest absolute Gasteiger partial charge is 0.393 e. The number of aliphatic hydroxyl groups is 2. The lowest BCUT2D eigenvalue weighted by Gasteiger charge is -2.05. The summed E-state index contributed by atoms with van der Waals surface area (Å²) >= 11 is 0. The number of rotatable bonds is 3. The SMILES string of the molecule is CC[C@@]1(CO)O[C@H]1[C@@H](C)O. The topological polar surface area (TPSA) is 53.0 Å². The Balaban J connectivity index is 2.45. The molecule has 1 aliphatic heterocycles. The van der Waals surface area contributed by atoms with Crippen molar-refractivity contribution < 1.29 is 14.9 Å². The van der Waals surface area contributed by atoms with E-state index < -0.39 is 11.7 Å². The van der Waals surface area contributed by atoms with E-state index in [1.54, 1.807) is 6.92 Å². The van der Waals surface area contributed by atoms with Crippen LogP contribution >= 0.6 is 0 Å². The second-order valence-electron chi connectivity index (χ2n) is 2.86. The average molecular weight is 146 g/mol. The zero-order valence-electron chi connectivity index (χ0n) is 6.37. The van der Waals surface area contributed by atoms with E-state index in [0.717, 1.165) is 6.42 Å². The molecule has 2 N–H and O–H groups in total. The minimum atomic E-state index is -0.466. The third kappa shape index (κ3) is 1.05. The fraction of sp³-hybridized carbons (Fsp3) is 1.00. The number of ether oxygens (including phenoxy) is 1. The minimum Gasteiger partial charge on any atom is -0.393 e. The van der Waals surface area contributed by atoms with Crippen molar-refractivity contribution in [3.8, 4) is 0 Å². The first-order valence-electron chi connectivity index (χ1n) is 3.63. The molecule has 0 saturated carbocycles. The molecule has 0 unspecified atom stereocenters. The summed E-state index contributed by atoms with van der Waals surface area (Å²) in [4.78, 5) is 0. The normalized spacial score (nSPS) is 41.4. The van der Waals surface area contributed by atoms with Gasteiger partial charge in [-0.1, -0.05) is 6.92 Å². The molecule has 0 spiro atoms. The van der Waals surface area contributed by atoms with E-state index in [1.807, 2.05) is 6.92 Å². The van der Waals surface area contributed by atoms with Crippen molar-refractivity contribution in [1.82, 2.24) is 0 Å². The first-order chi connectivity index (χ1) is 4.66. The van der Waals surface area contributed by atoms with Gasteiger partial charge in [-0.15, -0.1) is 0 Å². The summed E-state index contributed by atoms with van der Waals surface area (Å²) in [6.07, 6.45) is 0.147. The first kappa shape index (κ1) is 7.98. The van der Waals surface area contributed by atoms with Gasteiger partial charge >= 0.3 is 0 Å². The van der Waals surface area contributed by atoms with Crippen LogP contribution in [0.3, 0.4) is 0 Å². The second-order valence-corrected chi connectivity index (χ2v) is 2.86. The fourth-order valence-electron chi connectivity index (χ4n) is 1.28. The van der Waals surface area contributed by atoms with E-state index in [2.05, 4.69) is 0 Å². The Labute approximate surface area is 60.6 Å². The number of hydrogen-bond donors (Lipinski definition) is 2. The number of hydrogen-bond acceptors (Lipinski definition) is 3. The van der Waals surface area contributed by atoms with Crippen LogP contribution in [0.1, 0.15) is 20.3 Å². The Morgan fingerprint density at radius 3 is 2.40 bits per heavy atom. The van der Waals surface area contributed by atoms with Crippen LogP contribution in [0.25, 0.3) is 0 Å². The second kappa shape index (κ2) is 2.49. The van der Waals surface area contributed by atoms with Gasteiger partial charge in [-0.25, -0.2) is 0 Å². The molecule has 3 heteroatoms. The van der Waals surface area contributed by atoms with Crippen LogP contribution in [0.15, 0.2) is 0 Å². The maximum Gasteiger partial charge on any atom is 0.120 e. The zero-order valence-corrected chi connectivity index (χ0v) is 6.37. The Morgan fingerprint density at radius 2 is 2.30 bits per heavy atom. The van der Waals surface area contributed by atoms with Gasteiger partial charge < -0.3 is 14.9 Å². The Kier molecular flexibility index (Phi) is 1.99. The highest BCUT2D eigenvalue weighted by Gasteiger charge is 2.56. The highest BCUT2D eigenvalue weighted by molar-refractivity contribution is 5.03. The lowest BCUT2D eigenvalue weighted by Crippen LogP contribution is -2.25. The van der Waals surface area contributed by atoms with Gasteiger partial charge in [-0.05, 0) is 13.3 Å². The molecule has 1 fully saturated rings. The van der Waals surface area contributed by atoms with Gasteiger partial charge in [-0.2, -0.15) is 0 Å². The highest BCUT2D eigenvalue weighted by Crippen LogP contribution is 2.40. The molecule has 3 atom stereocenters. The van der Waals surface area contributed by atoms with Gasteiger partial charge in [0.2, 0.25) is 0 Å². The van der Waals surface area contributed by atoms with Crippen LogP contribution in [0, 0.1) is 0 Å². The van der Waals surface area contributed by atoms with Crippen LogP contribution in [0.2, 0.25) is 0 Å². The fourth-order valence-corrected chi connectivity index (χ4v) is 1.28. The molecule has 1 heterocycles. The summed E-state index contributed by atoms with van der Waals surface area (Å²) in [7, 11) is 0. The lowest BCUT2D eigenvalue weighted by atomic mass is 10.0. The molecule has 0 aromatic rings. The van der Waals surface area contributed by atoms with Gasteiger partial charge in [0, 0.05) is 0 Å². The third-order valence-electron chi connectivity index (χ3n) is 2.13. The summed E-state index contributed by atoms with van der Waals surface area (Å²) in [5.74, 6) is 0. The molecule has 1 rings (SSSR count). The van der Waals surface area contributed by atoms with Crippen LogP contribution in [-0.4, -0.2) is 34.6 Å². The van der Waals surface area contributed by atoms with E-state index >= 15 is 0 Å². The Morgan fingerprint density at radius 1 is 1.70 bits per heavy atom. The van der Waals surface area contributed by atoms with Crippen LogP contribution in [-0.2, 0) is 4.74 Å². The number of epoxide rings is 1.